The van der Waals surface area contributed by atoms with Gasteiger partial charge in [-0.2, -0.15) is 0 Å². The Morgan fingerprint density at radius 3 is 2.40 bits per heavy atom. The van der Waals surface area contributed by atoms with E-state index in [9.17, 15) is 5.11 Å². The number of aryl methyl sites for hydroxylation is 1. The van der Waals surface area contributed by atoms with Gasteiger partial charge in [-0.3, -0.25) is 0 Å². The van der Waals surface area contributed by atoms with Crippen LogP contribution in [0.3, 0.4) is 0 Å². The zero-order valence-electron chi connectivity index (χ0n) is 8.47. The van der Waals surface area contributed by atoms with Crippen molar-refractivity contribution in [3.63, 3.8) is 0 Å². The molecule has 0 saturated heterocycles. The van der Waals surface area contributed by atoms with Gasteiger partial charge in [0, 0.05) is 0 Å². The molecule has 2 rings (SSSR count). The fraction of sp³-hybridized carbons (Fsp3) is 0.0769. The van der Waals surface area contributed by atoms with Crippen molar-refractivity contribution in [1.29, 1.82) is 0 Å². The van der Waals surface area contributed by atoms with Crippen LogP contribution in [0.2, 0.25) is 0 Å². The third-order valence-corrected chi connectivity index (χ3v) is 2.17. The first-order valence-corrected chi connectivity index (χ1v) is 4.79. The molecule has 0 aliphatic rings. The number of para-hydroxylation sites is 2. The first-order chi connectivity index (χ1) is 7.27. The lowest BCUT2D eigenvalue weighted by Gasteiger charge is -2.08. The van der Waals surface area contributed by atoms with E-state index in [-0.39, 0.29) is 5.75 Å². The topological polar surface area (TPSA) is 29.5 Å². The molecule has 0 atom stereocenters. The van der Waals surface area contributed by atoms with Crippen LogP contribution in [0.1, 0.15) is 5.56 Å². The molecule has 2 heteroatoms. The molecule has 0 radical (unpaired) electrons. The van der Waals surface area contributed by atoms with Crippen LogP contribution in [-0.4, -0.2) is 5.11 Å². The number of rotatable bonds is 2. The van der Waals surface area contributed by atoms with E-state index >= 15 is 0 Å². The van der Waals surface area contributed by atoms with Gasteiger partial charge in [0.2, 0.25) is 0 Å². The number of hydrogen-bond donors (Lipinski definition) is 1. The van der Waals surface area contributed by atoms with Crippen LogP contribution in [0.15, 0.2) is 48.5 Å². The summed E-state index contributed by atoms with van der Waals surface area (Å²) in [6.45, 7) is 1.84. The van der Waals surface area contributed by atoms with Crippen LogP contribution >= 0.6 is 0 Å². The van der Waals surface area contributed by atoms with E-state index in [0.717, 1.165) is 11.3 Å². The summed E-state index contributed by atoms with van der Waals surface area (Å²) < 4.78 is 5.54. The van der Waals surface area contributed by atoms with Gasteiger partial charge in [-0.1, -0.05) is 30.3 Å². The average molecular weight is 200 g/mol. The maximum absolute atomic E-state index is 9.73. The predicted molar refractivity (Wildman–Crippen MR) is 59.4 cm³/mol. The maximum Gasteiger partial charge on any atom is 0.169 e. The lowest BCUT2D eigenvalue weighted by molar-refractivity contribution is 0.408. The maximum atomic E-state index is 9.73. The van der Waals surface area contributed by atoms with Gasteiger partial charge in [0.05, 0.1) is 0 Å². The molecule has 0 aliphatic heterocycles. The molecule has 15 heavy (non-hydrogen) atoms. The predicted octanol–water partition coefficient (Wildman–Crippen LogP) is 3.49. The summed E-state index contributed by atoms with van der Waals surface area (Å²) in [6, 6.07) is 14.8. The van der Waals surface area contributed by atoms with E-state index in [1.807, 2.05) is 49.4 Å². The molecular formula is C13H12O2. The molecule has 2 nitrogen and oxygen atoms in total. The molecule has 2 aromatic carbocycles. The highest BCUT2D eigenvalue weighted by atomic mass is 16.5. The van der Waals surface area contributed by atoms with Crippen molar-refractivity contribution < 1.29 is 9.84 Å². The molecule has 0 bridgehead atoms. The monoisotopic (exact) mass is 200 g/mol. The molecule has 76 valence electrons. The Morgan fingerprint density at radius 1 is 0.933 bits per heavy atom. The minimum Gasteiger partial charge on any atom is -0.504 e. The normalized spacial score (nSPS) is 9.93. The molecule has 2 aromatic rings. The van der Waals surface area contributed by atoms with Crippen molar-refractivity contribution in [2.24, 2.45) is 0 Å². The van der Waals surface area contributed by atoms with Crippen molar-refractivity contribution in [3.05, 3.63) is 54.1 Å². The largest absolute Gasteiger partial charge is 0.504 e. The van der Waals surface area contributed by atoms with Gasteiger partial charge in [0.15, 0.2) is 11.5 Å². The van der Waals surface area contributed by atoms with Crippen LogP contribution < -0.4 is 4.74 Å². The number of ether oxygens (including phenoxy) is 1. The fourth-order valence-electron chi connectivity index (χ4n) is 1.33. The fourth-order valence-corrected chi connectivity index (χ4v) is 1.33. The Labute approximate surface area is 88.8 Å². The van der Waals surface area contributed by atoms with E-state index in [2.05, 4.69) is 0 Å². The van der Waals surface area contributed by atoms with Gasteiger partial charge >= 0.3 is 0 Å². The number of hydrogen-bond acceptors (Lipinski definition) is 2. The second-order valence-electron chi connectivity index (χ2n) is 3.34. The van der Waals surface area contributed by atoms with E-state index in [0.29, 0.717) is 5.75 Å². The highest BCUT2D eigenvalue weighted by Gasteiger charge is 2.04. The van der Waals surface area contributed by atoms with Crippen molar-refractivity contribution in [2.45, 2.75) is 6.92 Å². The van der Waals surface area contributed by atoms with E-state index in [1.54, 1.807) is 6.07 Å². The lowest BCUT2D eigenvalue weighted by atomic mass is 10.2. The molecular weight excluding hydrogens is 188 g/mol. The Bertz CT molecular complexity index is 449. The molecule has 0 spiro atoms. The zero-order chi connectivity index (χ0) is 10.7. The van der Waals surface area contributed by atoms with Crippen molar-refractivity contribution >= 4 is 0 Å². The molecule has 0 unspecified atom stereocenters. The van der Waals surface area contributed by atoms with Gasteiger partial charge in [-0.25, -0.2) is 0 Å². The number of benzene rings is 2. The average Bonchev–Trinajstić information content (AvgIpc) is 2.26. The van der Waals surface area contributed by atoms with Crippen LogP contribution in [0.25, 0.3) is 0 Å². The summed E-state index contributed by atoms with van der Waals surface area (Å²) in [5.41, 5.74) is 0.809. The number of aromatic hydroxyl groups is 1. The van der Waals surface area contributed by atoms with E-state index in [1.165, 1.54) is 0 Å². The van der Waals surface area contributed by atoms with E-state index in [4.69, 9.17) is 4.74 Å². The second kappa shape index (κ2) is 4.05. The van der Waals surface area contributed by atoms with Gasteiger partial charge in [0.1, 0.15) is 5.75 Å². The molecule has 0 aliphatic carbocycles. The van der Waals surface area contributed by atoms with Crippen LogP contribution in [0.4, 0.5) is 0 Å². The third kappa shape index (κ3) is 2.10. The van der Waals surface area contributed by atoms with Crippen molar-refractivity contribution in [2.75, 3.05) is 0 Å². The van der Waals surface area contributed by atoms with Crippen LogP contribution in [0, 0.1) is 6.92 Å². The summed E-state index contributed by atoms with van der Waals surface area (Å²) in [5, 5.41) is 9.73. The second-order valence-corrected chi connectivity index (χ2v) is 3.34. The number of phenols is 1. The summed E-state index contributed by atoms with van der Waals surface area (Å²) >= 11 is 0. The Hall–Kier alpha value is -1.96. The molecule has 0 saturated carbocycles. The summed E-state index contributed by atoms with van der Waals surface area (Å²) in [4.78, 5) is 0. The Balaban J connectivity index is 2.29. The molecule has 0 aromatic heterocycles. The quantitative estimate of drug-likeness (QED) is 0.804. The highest BCUT2D eigenvalue weighted by Crippen LogP contribution is 2.32. The van der Waals surface area contributed by atoms with Gasteiger partial charge < -0.3 is 9.84 Å². The first kappa shape index (κ1) is 9.59. The molecule has 0 heterocycles. The van der Waals surface area contributed by atoms with E-state index < -0.39 is 0 Å². The lowest BCUT2D eigenvalue weighted by Crippen LogP contribution is -1.85. The third-order valence-electron chi connectivity index (χ3n) is 2.17. The van der Waals surface area contributed by atoms with Crippen LogP contribution in [-0.2, 0) is 0 Å². The minimum absolute atomic E-state index is 0.196. The number of phenolic OH excluding ortho intramolecular Hbond substituents is 1. The SMILES string of the molecule is Cc1cccc(Oc2ccccc2)c1O. The molecule has 0 fully saturated rings. The first-order valence-electron chi connectivity index (χ1n) is 4.79. The van der Waals surface area contributed by atoms with Gasteiger partial charge in [-0.15, -0.1) is 0 Å². The van der Waals surface area contributed by atoms with Gasteiger partial charge in [-0.05, 0) is 30.7 Å². The Kier molecular flexibility index (Phi) is 2.59. The van der Waals surface area contributed by atoms with Crippen LogP contribution in [0.5, 0.6) is 17.2 Å². The highest BCUT2D eigenvalue weighted by molar-refractivity contribution is 5.46. The van der Waals surface area contributed by atoms with Crippen molar-refractivity contribution in [1.82, 2.24) is 0 Å². The Morgan fingerprint density at radius 2 is 1.67 bits per heavy atom. The standard InChI is InChI=1S/C13H12O2/c1-10-6-5-9-12(13(10)14)15-11-7-3-2-4-8-11/h2-9,14H,1H3. The molecule has 1 N–H and O–H groups in total. The summed E-state index contributed by atoms with van der Waals surface area (Å²) in [6.07, 6.45) is 0. The minimum atomic E-state index is 0.196. The summed E-state index contributed by atoms with van der Waals surface area (Å²) in [7, 11) is 0. The van der Waals surface area contributed by atoms with Crippen molar-refractivity contribution in [3.8, 4) is 17.2 Å². The molecule has 0 amide bonds. The summed E-state index contributed by atoms with van der Waals surface area (Å²) in [5.74, 6) is 1.40. The zero-order valence-corrected chi connectivity index (χ0v) is 8.47. The van der Waals surface area contributed by atoms with Gasteiger partial charge in [0.25, 0.3) is 0 Å². The smallest absolute Gasteiger partial charge is 0.169 e.